The quantitative estimate of drug-likeness (QED) is 0.617. The molecule has 0 fully saturated rings. The minimum absolute atomic E-state index is 0.259. The number of benzene rings is 2. The van der Waals surface area contributed by atoms with E-state index in [1.807, 2.05) is 19.2 Å². The molecule has 0 amide bonds. The maximum absolute atomic E-state index is 13.3. The van der Waals surface area contributed by atoms with Crippen molar-refractivity contribution in [3.8, 4) is 0 Å². The molecule has 1 aliphatic heterocycles. The predicted molar refractivity (Wildman–Crippen MR) is 103 cm³/mol. The smallest absolute Gasteiger partial charge is 0.302 e. The molecule has 0 saturated carbocycles. The first-order valence-electron chi connectivity index (χ1n) is 9.04. The Balaban J connectivity index is 1.90. The van der Waals surface area contributed by atoms with Gasteiger partial charge < -0.3 is 4.90 Å². The Hall–Kier alpha value is -2.86. The Bertz CT molecular complexity index is 1060. The summed E-state index contributed by atoms with van der Waals surface area (Å²) in [6, 6.07) is 12.3. The number of nitrogens with zero attached hydrogens (tertiary/aromatic N) is 2. The molecule has 0 radical (unpaired) electrons. The molecule has 2 heterocycles. The molecule has 0 aliphatic carbocycles. The van der Waals surface area contributed by atoms with Crippen LogP contribution in [0.4, 0.5) is 13.2 Å². The fourth-order valence-corrected chi connectivity index (χ4v) is 3.57. The number of halogens is 3. The van der Waals surface area contributed by atoms with Gasteiger partial charge in [-0.15, -0.1) is 0 Å². The van der Waals surface area contributed by atoms with Crippen LogP contribution in [0.15, 0.2) is 60.8 Å². The van der Waals surface area contributed by atoms with Gasteiger partial charge in [0.25, 0.3) is 5.91 Å². The molecule has 4 rings (SSSR count). The maximum atomic E-state index is 13.3. The van der Waals surface area contributed by atoms with Crippen LogP contribution in [0.3, 0.4) is 0 Å². The first kappa shape index (κ1) is 18.5. The van der Waals surface area contributed by atoms with Crippen LogP contribution in [-0.2, 0) is 6.18 Å². The SMILES string of the molecule is CN1CC=C(c2cn(C(=O)c3ccccc3)c3ccc(C(F)(F)F)cc23)CC1. The highest BCUT2D eigenvalue weighted by atomic mass is 19.4. The van der Waals surface area contributed by atoms with Crippen LogP contribution in [0.5, 0.6) is 0 Å². The number of hydrogen-bond donors (Lipinski definition) is 0. The number of fused-ring (bicyclic) bond motifs is 1. The second-order valence-electron chi connectivity index (χ2n) is 7.06. The van der Waals surface area contributed by atoms with Gasteiger partial charge >= 0.3 is 6.18 Å². The number of likely N-dealkylation sites (N-methyl/N-ethyl adjacent to an activating group) is 1. The molecule has 28 heavy (non-hydrogen) atoms. The van der Waals surface area contributed by atoms with Gasteiger partial charge in [-0.2, -0.15) is 13.2 Å². The Morgan fingerprint density at radius 1 is 1.07 bits per heavy atom. The average molecular weight is 384 g/mol. The Kier molecular flexibility index (Phi) is 4.59. The summed E-state index contributed by atoms with van der Waals surface area (Å²) >= 11 is 0. The molecular weight excluding hydrogens is 365 g/mol. The molecule has 0 spiro atoms. The number of carbonyl (C=O) groups is 1. The topological polar surface area (TPSA) is 25.2 Å². The number of alkyl halides is 3. The molecule has 0 bridgehead atoms. The Morgan fingerprint density at radius 3 is 2.46 bits per heavy atom. The molecule has 0 N–H and O–H groups in total. The van der Waals surface area contributed by atoms with E-state index < -0.39 is 11.7 Å². The summed E-state index contributed by atoms with van der Waals surface area (Å²) in [5.74, 6) is -0.259. The summed E-state index contributed by atoms with van der Waals surface area (Å²) in [5.41, 5.74) is 1.93. The van der Waals surface area contributed by atoms with Gasteiger partial charge in [0.15, 0.2) is 0 Å². The third-order valence-electron chi connectivity index (χ3n) is 5.13. The summed E-state index contributed by atoms with van der Waals surface area (Å²) in [4.78, 5) is 15.1. The number of hydrogen-bond acceptors (Lipinski definition) is 2. The van der Waals surface area contributed by atoms with Crippen LogP contribution in [-0.4, -0.2) is 35.5 Å². The summed E-state index contributed by atoms with van der Waals surface area (Å²) in [5, 5.41) is 0.454. The van der Waals surface area contributed by atoms with Crippen molar-refractivity contribution in [1.82, 2.24) is 9.47 Å². The highest BCUT2D eigenvalue weighted by Crippen LogP contribution is 2.36. The molecule has 144 valence electrons. The number of aromatic nitrogens is 1. The largest absolute Gasteiger partial charge is 0.416 e. The van der Waals surface area contributed by atoms with Gasteiger partial charge in [0.05, 0.1) is 11.1 Å². The predicted octanol–water partition coefficient (Wildman–Crippen LogP) is 5.07. The normalized spacial score (nSPS) is 15.6. The van der Waals surface area contributed by atoms with Gasteiger partial charge in [0.1, 0.15) is 0 Å². The van der Waals surface area contributed by atoms with Crippen molar-refractivity contribution in [1.29, 1.82) is 0 Å². The second-order valence-corrected chi connectivity index (χ2v) is 7.06. The van der Waals surface area contributed by atoms with Crippen molar-refractivity contribution in [2.75, 3.05) is 20.1 Å². The number of rotatable bonds is 2. The summed E-state index contributed by atoms with van der Waals surface area (Å²) in [6.45, 7) is 1.55. The molecular formula is C22H19F3N2O. The third kappa shape index (κ3) is 3.36. The van der Waals surface area contributed by atoms with E-state index in [1.165, 1.54) is 10.6 Å². The van der Waals surface area contributed by atoms with Crippen molar-refractivity contribution in [3.63, 3.8) is 0 Å². The summed E-state index contributed by atoms with van der Waals surface area (Å²) < 4.78 is 41.3. The maximum Gasteiger partial charge on any atom is 0.416 e. The molecule has 3 nitrogen and oxygen atoms in total. The molecule has 0 atom stereocenters. The summed E-state index contributed by atoms with van der Waals surface area (Å²) in [7, 11) is 2.00. The van der Waals surface area contributed by atoms with Crippen LogP contribution in [0, 0.1) is 0 Å². The first-order chi connectivity index (χ1) is 13.3. The van der Waals surface area contributed by atoms with E-state index in [0.717, 1.165) is 37.2 Å². The van der Waals surface area contributed by atoms with Crippen LogP contribution >= 0.6 is 0 Å². The van der Waals surface area contributed by atoms with Crippen molar-refractivity contribution >= 4 is 22.4 Å². The zero-order chi connectivity index (χ0) is 19.9. The van der Waals surface area contributed by atoms with E-state index in [0.29, 0.717) is 22.0 Å². The van der Waals surface area contributed by atoms with E-state index in [1.54, 1.807) is 30.5 Å². The highest BCUT2D eigenvalue weighted by Gasteiger charge is 2.31. The fraction of sp³-hybridized carbons (Fsp3) is 0.227. The Labute approximate surface area is 160 Å². The fourth-order valence-electron chi connectivity index (χ4n) is 3.57. The van der Waals surface area contributed by atoms with Crippen LogP contribution < -0.4 is 0 Å². The zero-order valence-corrected chi connectivity index (χ0v) is 15.3. The zero-order valence-electron chi connectivity index (χ0n) is 15.3. The van der Waals surface area contributed by atoms with Crippen molar-refractivity contribution < 1.29 is 18.0 Å². The van der Waals surface area contributed by atoms with Gasteiger partial charge in [0, 0.05) is 35.8 Å². The van der Waals surface area contributed by atoms with Crippen molar-refractivity contribution in [3.05, 3.63) is 77.5 Å². The molecule has 6 heteroatoms. The average Bonchev–Trinajstić information content (AvgIpc) is 3.07. The third-order valence-corrected chi connectivity index (χ3v) is 5.13. The van der Waals surface area contributed by atoms with Crippen LogP contribution in [0.2, 0.25) is 0 Å². The summed E-state index contributed by atoms with van der Waals surface area (Å²) in [6.07, 6.45) is -0.00325. The molecule has 2 aromatic carbocycles. The molecule has 1 aromatic heterocycles. The van der Waals surface area contributed by atoms with Gasteiger partial charge in [-0.05, 0) is 49.4 Å². The van der Waals surface area contributed by atoms with Crippen LogP contribution in [0.1, 0.15) is 27.9 Å². The lowest BCUT2D eigenvalue weighted by Gasteiger charge is -2.21. The molecule has 0 unspecified atom stereocenters. The van der Waals surface area contributed by atoms with E-state index in [-0.39, 0.29) is 5.91 Å². The van der Waals surface area contributed by atoms with Crippen molar-refractivity contribution in [2.45, 2.75) is 12.6 Å². The van der Waals surface area contributed by atoms with Gasteiger partial charge in [-0.3, -0.25) is 9.36 Å². The number of carbonyl (C=O) groups excluding carboxylic acids is 1. The van der Waals surface area contributed by atoms with E-state index in [4.69, 9.17) is 0 Å². The lowest BCUT2D eigenvalue weighted by Crippen LogP contribution is -2.23. The van der Waals surface area contributed by atoms with Gasteiger partial charge in [0.2, 0.25) is 0 Å². The van der Waals surface area contributed by atoms with Gasteiger partial charge in [-0.1, -0.05) is 24.3 Å². The lowest BCUT2D eigenvalue weighted by molar-refractivity contribution is -0.137. The van der Waals surface area contributed by atoms with Crippen LogP contribution in [0.25, 0.3) is 16.5 Å². The monoisotopic (exact) mass is 384 g/mol. The second kappa shape index (κ2) is 6.95. The molecule has 1 aliphatic rings. The Morgan fingerprint density at radius 2 is 1.82 bits per heavy atom. The highest BCUT2D eigenvalue weighted by molar-refractivity contribution is 6.05. The first-order valence-corrected chi connectivity index (χ1v) is 9.04. The molecule has 0 saturated heterocycles. The van der Waals surface area contributed by atoms with E-state index >= 15 is 0 Å². The lowest BCUT2D eigenvalue weighted by atomic mass is 9.98. The minimum atomic E-state index is -4.43. The van der Waals surface area contributed by atoms with E-state index in [9.17, 15) is 18.0 Å². The van der Waals surface area contributed by atoms with Gasteiger partial charge in [-0.25, -0.2) is 0 Å². The molecule has 3 aromatic rings. The van der Waals surface area contributed by atoms with E-state index in [2.05, 4.69) is 4.90 Å². The van der Waals surface area contributed by atoms with Crippen molar-refractivity contribution in [2.24, 2.45) is 0 Å². The standard InChI is InChI=1S/C22H19F3N2O/c1-26-11-9-15(10-12-26)19-14-27(21(28)16-5-3-2-4-6-16)20-8-7-17(13-18(19)20)22(23,24)25/h2-9,13-14H,10-12H2,1H3. The minimum Gasteiger partial charge on any atom is -0.302 e.